The van der Waals surface area contributed by atoms with Gasteiger partial charge in [-0.2, -0.15) is 5.10 Å². The lowest BCUT2D eigenvalue weighted by molar-refractivity contribution is 0.0945. The van der Waals surface area contributed by atoms with E-state index in [1.165, 1.54) is 0 Å². The standard InChI is InChI=1S/C10H17N3O2/c1-7(14)4-5-11-10(15)9-6-12-13(3)8(9)2/h6-7,14H,4-5H2,1-3H3,(H,11,15). The van der Waals surface area contributed by atoms with Gasteiger partial charge in [0.1, 0.15) is 0 Å². The summed E-state index contributed by atoms with van der Waals surface area (Å²) in [5.41, 5.74) is 1.42. The third kappa shape index (κ3) is 3.06. The van der Waals surface area contributed by atoms with E-state index in [9.17, 15) is 4.79 Å². The van der Waals surface area contributed by atoms with Gasteiger partial charge in [-0.25, -0.2) is 0 Å². The number of aromatic nitrogens is 2. The molecular weight excluding hydrogens is 194 g/mol. The van der Waals surface area contributed by atoms with E-state index in [-0.39, 0.29) is 12.0 Å². The molecule has 0 saturated heterocycles. The summed E-state index contributed by atoms with van der Waals surface area (Å²) >= 11 is 0. The number of aliphatic hydroxyl groups is 1. The van der Waals surface area contributed by atoms with Gasteiger partial charge in [0.25, 0.3) is 5.91 Å². The van der Waals surface area contributed by atoms with Gasteiger partial charge in [0.05, 0.1) is 17.9 Å². The smallest absolute Gasteiger partial charge is 0.254 e. The van der Waals surface area contributed by atoms with Gasteiger partial charge in [-0.3, -0.25) is 9.48 Å². The third-order valence-electron chi connectivity index (χ3n) is 2.33. The first-order valence-electron chi connectivity index (χ1n) is 4.97. The average Bonchev–Trinajstić information content (AvgIpc) is 2.47. The molecule has 0 saturated carbocycles. The highest BCUT2D eigenvalue weighted by atomic mass is 16.3. The van der Waals surface area contributed by atoms with Crippen LogP contribution in [0.3, 0.4) is 0 Å². The predicted molar refractivity (Wildman–Crippen MR) is 56.6 cm³/mol. The fourth-order valence-electron chi connectivity index (χ4n) is 1.21. The van der Waals surface area contributed by atoms with Crippen molar-refractivity contribution in [1.29, 1.82) is 0 Å². The topological polar surface area (TPSA) is 67.2 Å². The summed E-state index contributed by atoms with van der Waals surface area (Å²) in [7, 11) is 1.79. The van der Waals surface area contributed by atoms with Crippen molar-refractivity contribution in [1.82, 2.24) is 15.1 Å². The van der Waals surface area contributed by atoms with Crippen LogP contribution in [0.25, 0.3) is 0 Å². The molecule has 1 unspecified atom stereocenters. The van der Waals surface area contributed by atoms with Gasteiger partial charge < -0.3 is 10.4 Å². The van der Waals surface area contributed by atoms with E-state index in [0.717, 1.165) is 5.69 Å². The summed E-state index contributed by atoms with van der Waals surface area (Å²) in [6, 6.07) is 0. The maximum absolute atomic E-state index is 11.6. The first kappa shape index (κ1) is 11.7. The van der Waals surface area contributed by atoms with Crippen LogP contribution in [0.1, 0.15) is 29.4 Å². The summed E-state index contributed by atoms with van der Waals surface area (Å²) in [5, 5.41) is 15.7. The molecule has 5 heteroatoms. The third-order valence-corrected chi connectivity index (χ3v) is 2.33. The Bertz CT molecular complexity index is 344. The van der Waals surface area contributed by atoms with Gasteiger partial charge in [-0.1, -0.05) is 0 Å². The molecule has 5 nitrogen and oxygen atoms in total. The van der Waals surface area contributed by atoms with Gasteiger partial charge in [-0.15, -0.1) is 0 Å². The van der Waals surface area contributed by atoms with Crippen molar-refractivity contribution in [2.24, 2.45) is 7.05 Å². The minimum Gasteiger partial charge on any atom is -0.393 e. The number of aryl methyl sites for hydroxylation is 1. The second kappa shape index (κ2) is 4.93. The van der Waals surface area contributed by atoms with Crippen LogP contribution in [0, 0.1) is 6.92 Å². The summed E-state index contributed by atoms with van der Waals surface area (Å²) in [4.78, 5) is 11.6. The maximum Gasteiger partial charge on any atom is 0.254 e. The number of carbonyl (C=O) groups is 1. The average molecular weight is 211 g/mol. The van der Waals surface area contributed by atoms with Crippen LogP contribution in [0.15, 0.2) is 6.20 Å². The Hall–Kier alpha value is -1.36. The highest BCUT2D eigenvalue weighted by Gasteiger charge is 2.11. The highest BCUT2D eigenvalue weighted by Crippen LogP contribution is 2.04. The second-order valence-electron chi connectivity index (χ2n) is 3.66. The zero-order valence-electron chi connectivity index (χ0n) is 9.32. The molecule has 0 aromatic carbocycles. The monoisotopic (exact) mass is 211 g/mol. The van der Waals surface area contributed by atoms with E-state index < -0.39 is 0 Å². The summed E-state index contributed by atoms with van der Waals surface area (Å²) in [5.74, 6) is -0.138. The van der Waals surface area contributed by atoms with Crippen molar-refractivity contribution >= 4 is 5.91 Å². The van der Waals surface area contributed by atoms with E-state index >= 15 is 0 Å². The fourth-order valence-corrected chi connectivity index (χ4v) is 1.21. The van der Waals surface area contributed by atoms with Crippen LogP contribution in [-0.2, 0) is 7.05 Å². The number of aliphatic hydroxyl groups excluding tert-OH is 1. The van der Waals surface area contributed by atoms with Crippen LogP contribution in [0.2, 0.25) is 0 Å². The van der Waals surface area contributed by atoms with E-state index in [2.05, 4.69) is 10.4 Å². The van der Waals surface area contributed by atoms with Gasteiger partial charge in [0.15, 0.2) is 0 Å². The number of rotatable bonds is 4. The number of hydrogen-bond acceptors (Lipinski definition) is 3. The zero-order valence-corrected chi connectivity index (χ0v) is 9.32. The van der Waals surface area contributed by atoms with Gasteiger partial charge in [0.2, 0.25) is 0 Å². The van der Waals surface area contributed by atoms with Crippen LogP contribution in [0.4, 0.5) is 0 Å². The molecule has 0 bridgehead atoms. The molecule has 0 radical (unpaired) electrons. The number of carbonyl (C=O) groups excluding carboxylic acids is 1. The molecule has 0 fully saturated rings. The van der Waals surface area contributed by atoms with Crippen molar-refractivity contribution < 1.29 is 9.90 Å². The molecule has 0 aliphatic heterocycles. The molecule has 1 atom stereocenters. The molecule has 2 N–H and O–H groups in total. The second-order valence-corrected chi connectivity index (χ2v) is 3.66. The summed E-state index contributed by atoms with van der Waals surface area (Å²) in [6.45, 7) is 4.02. The first-order chi connectivity index (χ1) is 7.02. The molecule has 0 aliphatic rings. The molecular formula is C10H17N3O2. The largest absolute Gasteiger partial charge is 0.393 e. The number of amides is 1. The Labute approximate surface area is 89.1 Å². The fraction of sp³-hybridized carbons (Fsp3) is 0.600. The van der Waals surface area contributed by atoms with Crippen LogP contribution in [0.5, 0.6) is 0 Å². The molecule has 0 aliphatic carbocycles. The lowest BCUT2D eigenvalue weighted by Crippen LogP contribution is -2.26. The SMILES string of the molecule is Cc1c(C(=O)NCCC(C)O)cnn1C. The predicted octanol–water partition coefficient (Wildman–Crippen LogP) is 0.229. The minimum atomic E-state index is -0.389. The highest BCUT2D eigenvalue weighted by molar-refractivity contribution is 5.94. The molecule has 1 amide bonds. The Morgan fingerprint density at radius 3 is 2.87 bits per heavy atom. The van der Waals surface area contributed by atoms with E-state index in [4.69, 9.17) is 5.11 Å². The molecule has 15 heavy (non-hydrogen) atoms. The Kier molecular flexibility index (Phi) is 3.85. The van der Waals surface area contributed by atoms with E-state index in [0.29, 0.717) is 18.5 Å². The zero-order chi connectivity index (χ0) is 11.4. The Morgan fingerprint density at radius 1 is 1.73 bits per heavy atom. The Balaban J connectivity index is 2.51. The van der Waals surface area contributed by atoms with Crippen molar-refractivity contribution in [2.45, 2.75) is 26.4 Å². The lowest BCUT2D eigenvalue weighted by Gasteiger charge is -2.06. The first-order valence-corrected chi connectivity index (χ1v) is 4.97. The molecule has 1 aromatic heterocycles. The normalized spacial score (nSPS) is 12.5. The molecule has 1 heterocycles. The molecule has 1 aromatic rings. The quantitative estimate of drug-likeness (QED) is 0.749. The summed E-state index contributed by atoms with van der Waals surface area (Å²) in [6.07, 6.45) is 1.72. The molecule has 1 rings (SSSR count). The van der Waals surface area contributed by atoms with Gasteiger partial charge in [0, 0.05) is 19.3 Å². The van der Waals surface area contributed by atoms with Crippen LogP contribution < -0.4 is 5.32 Å². The maximum atomic E-state index is 11.6. The number of hydrogen-bond donors (Lipinski definition) is 2. The lowest BCUT2D eigenvalue weighted by atomic mass is 10.2. The van der Waals surface area contributed by atoms with Crippen molar-refractivity contribution in [3.8, 4) is 0 Å². The van der Waals surface area contributed by atoms with Crippen LogP contribution >= 0.6 is 0 Å². The van der Waals surface area contributed by atoms with Crippen molar-refractivity contribution in [3.63, 3.8) is 0 Å². The summed E-state index contributed by atoms with van der Waals surface area (Å²) < 4.78 is 1.66. The van der Waals surface area contributed by atoms with Crippen molar-refractivity contribution in [3.05, 3.63) is 17.5 Å². The molecule has 84 valence electrons. The van der Waals surface area contributed by atoms with E-state index in [1.807, 2.05) is 6.92 Å². The minimum absolute atomic E-state index is 0.138. The van der Waals surface area contributed by atoms with E-state index in [1.54, 1.807) is 24.9 Å². The van der Waals surface area contributed by atoms with Crippen molar-refractivity contribution in [2.75, 3.05) is 6.54 Å². The Morgan fingerprint density at radius 2 is 2.40 bits per heavy atom. The number of nitrogens with one attached hydrogen (secondary N) is 1. The number of nitrogens with zero attached hydrogens (tertiary/aromatic N) is 2. The van der Waals surface area contributed by atoms with Gasteiger partial charge >= 0.3 is 0 Å². The van der Waals surface area contributed by atoms with Crippen LogP contribution in [-0.4, -0.2) is 33.4 Å². The molecule has 0 spiro atoms. The van der Waals surface area contributed by atoms with Gasteiger partial charge in [-0.05, 0) is 20.3 Å².